The van der Waals surface area contributed by atoms with E-state index in [1.807, 2.05) is 13.8 Å². The summed E-state index contributed by atoms with van der Waals surface area (Å²) < 4.78 is 23.4. The second kappa shape index (κ2) is 6.02. The first-order chi connectivity index (χ1) is 8.62. The molecule has 5 nitrogen and oxygen atoms in total. The molecule has 1 amide bonds. The molecule has 106 valence electrons. The quantitative estimate of drug-likeness (QED) is 0.869. The molecular weight excluding hydrogens is 332 g/mol. The van der Waals surface area contributed by atoms with Crippen molar-refractivity contribution in [2.45, 2.75) is 25.7 Å². The van der Waals surface area contributed by atoms with Gasteiger partial charge in [0.15, 0.2) is 0 Å². The van der Waals surface area contributed by atoms with Gasteiger partial charge in [0.2, 0.25) is 10.0 Å². The van der Waals surface area contributed by atoms with Crippen LogP contribution in [-0.4, -0.2) is 20.9 Å². The van der Waals surface area contributed by atoms with Crippen molar-refractivity contribution < 1.29 is 13.2 Å². The van der Waals surface area contributed by atoms with Crippen LogP contribution < -0.4 is 10.5 Å². The molecule has 0 radical (unpaired) electrons. The van der Waals surface area contributed by atoms with Crippen LogP contribution in [0.15, 0.2) is 21.5 Å². The first kappa shape index (κ1) is 16.1. The number of sulfonamides is 1. The van der Waals surface area contributed by atoms with Gasteiger partial charge in [-0.3, -0.25) is 4.79 Å². The highest BCUT2D eigenvalue weighted by molar-refractivity contribution is 9.10. The first-order valence-electron chi connectivity index (χ1n) is 5.74. The van der Waals surface area contributed by atoms with Crippen LogP contribution in [-0.2, 0) is 10.0 Å². The summed E-state index contributed by atoms with van der Waals surface area (Å²) in [6.45, 7) is 6.04. The van der Waals surface area contributed by atoms with Gasteiger partial charge in [-0.15, -0.1) is 0 Å². The molecule has 0 atom stereocenters. The fourth-order valence-corrected chi connectivity index (χ4v) is 3.01. The van der Waals surface area contributed by atoms with Gasteiger partial charge in [0, 0.05) is 16.6 Å². The van der Waals surface area contributed by atoms with Gasteiger partial charge in [0.25, 0.3) is 5.91 Å². The predicted molar refractivity (Wildman–Crippen MR) is 77.4 cm³/mol. The molecule has 0 bridgehead atoms. The highest BCUT2D eigenvalue weighted by Crippen LogP contribution is 2.24. The Morgan fingerprint density at radius 3 is 2.47 bits per heavy atom. The van der Waals surface area contributed by atoms with Gasteiger partial charge in [0.05, 0.1) is 4.90 Å². The van der Waals surface area contributed by atoms with E-state index in [1.54, 1.807) is 13.0 Å². The molecule has 1 aromatic carbocycles. The van der Waals surface area contributed by atoms with Gasteiger partial charge in [-0.25, -0.2) is 13.6 Å². The predicted octanol–water partition coefficient (Wildman–Crippen LogP) is 1.79. The minimum atomic E-state index is -3.85. The fraction of sp³-hybridized carbons (Fsp3) is 0.417. The number of carbonyl (C=O) groups excluding carboxylic acids is 1. The van der Waals surface area contributed by atoms with Crippen LogP contribution in [0.5, 0.6) is 0 Å². The van der Waals surface area contributed by atoms with Crippen LogP contribution in [0.2, 0.25) is 0 Å². The number of amides is 1. The molecule has 0 aliphatic heterocycles. The second-order valence-electron chi connectivity index (χ2n) is 4.73. The summed E-state index contributed by atoms with van der Waals surface area (Å²) in [6, 6.07) is 2.98. The fourth-order valence-electron chi connectivity index (χ4n) is 1.58. The molecule has 0 spiro atoms. The summed E-state index contributed by atoms with van der Waals surface area (Å²) in [5.41, 5.74) is 0.658. The summed E-state index contributed by atoms with van der Waals surface area (Å²) in [6.07, 6.45) is 0. The third-order valence-electron chi connectivity index (χ3n) is 2.55. The van der Waals surface area contributed by atoms with E-state index in [2.05, 4.69) is 21.2 Å². The molecule has 1 aromatic rings. The number of nitrogens with one attached hydrogen (secondary N) is 1. The summed E-state index contributed by atoms with van der Waals surface area (Å²) in [5.74, 6) is 0.00604. The van der Waals surface area contributed by atoms with E-state index < -0.39 is 10.0 Å². The Labute approximate surface area is 121 Å². The molecule has 7 heteroatoms. The lowest BCUT2D eigenvalue weighted by Crippen LogP contribution is -2.28. The van der Waals surface area contributed by atoms with Crippen LogP contribution >= 0.6 is 15.9 Å². The molecule has 0 aliphatic rings. The maximum absolute atomic E-state index is 12.0. The lowest BCUT2D eigenvalue weighted by molar-refractivity contribution is 0.0948. The molecule has 0 unspecified atom stereocenters. The van der Waals surface area contributed by atoms with E-state index in [1.165, 1.54) is 6.07 Å². The molecule has 1 rings (SSSR count). The maximum atomic E-state index is 12.0. The number of nitrogens with two attached hydrogens (primary N) is 1. The molecule has 0 heterocycles. The van der Waals surface area contributed by atoms with E-state index in [-0.39, 0.29) is 10.8 Å². The number of carbonyl (C=O) groups is 1. The van der Waals surface area contributed by atoms with E-state index in [9.17, 15) is 13.2 Å². The zero-order valence-corrected chi connectivity index (χ0v) is 13.4. The van der Waals surface area contributed by atoms with Gasteiger partial charge in [-0.2, -0.15) is 0 Å². The van der Waals surface area contributed by atoms with Crippen molar-refractivity contribution in [2.75, 3.05) is 6.54 Å². The Morgan fingerprint density at radius 1 is 1.42 bits per heavy atom. The van der Waals surface area contributed by atoms with Crippen molar-refractivity contribution in [1.82, 2.24) is 5.32 Å². The van der Waals surface area contributed by atoms with E-state index in [4.69, 9.17) is 5.14 Å². The van der Waals surface area contributed by atoms with Crippen molar-refractivity contribution in [2.24, 2.45) is 11.1 Å². The van der Waals surface area contributed by atoms with Gasteiger partial charge in [0.1, 0.15) is 0 Å². The lowest BCUT2D eigenvalue weighted by atomic mass is 10.1. The zero-order chi connectivity index (χ0) is 14.8. The summed E-state index contributed by atoms with van der Waals surface area (Å²) in [4.78, 5) is 12.0. The largest absolute Gasteiger partial charge is 0.352 e. The Kier molecular flexibility index (Phi) is 5.11. The van der Waals surface area contributed by atoms with E-state index >= 15 is 0 Å². The van der Waals surface area contributed by atoms with Crippen LogP contribution in [0.25, 0.3) is 0 Å². The summed E-state index contributed by atoms with van der Waals surface area (Å²) >= 11 is 3.19. The highest BCUT2D eigenvalue weighted by Gasteiger charge is 2.19. The number of halogens is 1. The van der Waals surface area contributed by atoms with Gasteiger partial charge >= 0.3 is 0 Å². The maximum Gasteiger partial charge on any atom is 0.251 e. The lowest BCUT2D eigenvalue weighted by Gasteiger charge is -2.12. The van der Waals surface area contributed by atoms with E-state index in [0.29, 0.717) is 28.1 Å². The minimum Gasteiger partial charge on any atom is -0.352 e. The van der Waals surface area contributed by atoms with Gasteiger partial charge in [-0.1, -0.05) is 29.8 Å². The molecular formula is C12H17BrN2O3S. The normalized spacial score (nSPS) is 11.7. The van der Waals surface area contributed by atoms with Crippen molar-refractivity contribution >= 4 is 31.9 Å². The Balaban J connectivity index is 3.22. The number of primary sulfonamides is 1. The molecule has 19 heavy (non-hydrogen) atoms. The van der Waals surface area contributed by atoms with Crippen molar-refractivity contribution in [3.05, 3.63) is 27.7 Å². The number of rotatable bonds is 4. The Morgan fingerprint density at radius 2 is 2.00 bits per heavy atom. The second-order valence-corrected chi connectivity index (χ2v) is 7.17. The van der Waals surface area contributed by atoms with Crippen molar-refractivity contribution in [3.63, 3.8) is 0 Å². The zero-order valence-electron chi connectivity index (χ0n) is 11.0. The van der Waals surface area contributed by atoms with Gasteiger partial charge in [-0.05, 0) is 30.5 Å². The molecule has 3 N–H and O–H groups in total. The SMILES string of the molecule is Cc1c(C(=O)NCC(C)C)cc(Br)cc1S(N)(=O)=O. The highest BCUT2D eigenvalue weighted by atomic mass is 79.9. The standard InChI is InChI=1S/C12H17BrN2O3S/c1-7(2)6-15-12(16)10-4-9(13)5-11(8(10)3)19(14,17)18/h4-5,7H,6H2,1-3H3,(H,15,16)(H2,14,17,18). The first-order valence-corrected chi connectivity index (χ1v) is 8.08. The Bertz CT molecular complexity index is 597. The monoisotopic (exact) mass is 348 g/mol. The Hall–Kier alpha value is -0.920. The average Bonchev–Trinajstić information content (AvgIpc) is 2.27. The minimum absolute atomic E-state index is 0.0448. The molecule has 0 aliphatic carbocycles. The molecule has 0 aromatic heterocycles. The van der Waals surface area contributed by atoms with Crippen LogP contribution in [0.3, 0.4) is 0 Å². The molecule has 0 saturated carbocycles. The summed E-state index contributed by atoms with van der Waals surface area (Å²) in [7, 11) is -3.85. The third-order valence-corrected chi connectivity index (χ3v) is 4.04. The van der Waals surface area contributed by atoms with Crippen molar-refractivity contribution in [1.29, 1.82) is 0 Å². The number of hydrogen-bond acceptors (Lipinski definition) is 3. The number of benzene rings is 1. The number of hydrogen-bond donors (Lipinski definition) is 2. The topological polar surface area (TPSA) is 89.3 Å². The van der Waals surface area contributed by atoms with Crippen LogP contribution in [0.4, 0.5) is 0 Å². The van der Waals surface area contributed by atoms with Crippen LogP contribution in [0, 0.1) is 12.8 Å². The smallest absolute Gasteiger partial charge is 0.251 e. The molecule has 0 fully saturated rings. The average molecular weight is 349 g/mol. The summed E-state index contributed by atoms with van der Waals surface area (Å²) in [5, 5.41) is 7.89. The van der Waals surface area contributed by atoms with Gasteiger partial charge < -0.3 is 5.32 Å². The third kappa shape index (κ3) is 4.29. The van der Waals surface area contributed by atoms with Crippen molar-refractivity contribution in [3.8, 4) is 0 Å². The van der Waals surface area contributed by atoms with E-state index in [0.717, 1.165) is 0 Å². The molecule has 0 saturated heterocycles. The van der Waals surface area contributed by atoms with Crippen LogP contribution in [0.1, 0.15) is 29.8 Å².